The number of fused-ring (bicyclic) bond motifs is 2. The predicted molar refractivity (Wildman–Crippen MR) is 128 cm³/mol. The quantitative estimate of drug-likeness (QED) is 0.468. The molecule has 0 spiro atoms. The van der Waals surface area contributed by atoms with Gasteiger partial charge in [-0.3, -0.25) is 4.79 Å². The van der Waals surface area contributed by atoms with Gasteiger partial charge >= 0.3 is 0 Å². The van der Waals surface area contributed by atoms with Crippen LogP contribution in [0, 0.1) is 0 Å². The summed E-state index contributed by atoms with van der Waals surface area (Å²) in [5.74, 6) is 0.936. The van der Waals surface area contributed by atoms with Crippen molar-refractivity contribution in [1.29, 1.82) is 0 Å². The number of hydrogen-bond acceptors (Lipinski definition) is 3. The van der Waals surface area contributed by atoms with E-state index in [2.05, 4.69) is 56.3 Å². The molecular weight excluding hydrogens is 454 g/mol. The number of rotatable bonds is 3. The maximum Gasteiger partial charge on any atom is 0.253 e. The van der Waals surface area contributed by atoms with Gasteiger partial charge in [0.25, 0.3) is 5.91 Å². The standard InChI is InChI=1S/C24H26BrN5O/c1-3-30-21-13-17(25)8-6-15(21)12-22(30)23-27-19-11-16(7-9-20(19)28(23)2)24(31)29-10-4-5-18(26)14-29/h6-9,11-13,18H,3-5,10,14,26H2,1-2H3. The minimum absolute atomic E-state index is 0.0387. The van der Waals surface area contributed by atoms with Gasteiger partial charge in [0, 0.05) is 53.7 Å². The van der Waals surface area contributed by atoms with Gasteiger partial charge in [-0.2, -0.15) is 0 Å². The van der Waals surface area contributed by atoms with Crippen molar-refractivity contribution in [3.8, 4) is 11.5 Å². The summed E-state index contributed by atoms with van der Waals surface area (Å²) in [6, 6.07) is 14.4. The molecule has 1 amide bonds. The summed E-state index contributed by atoms with van der Waals surface area (Å²) in [5, 5.41) is 1.18. The highest BCUT2D eigenvalue weighted by Gasteiger charge is 2.23. The van der Waals surface area contributed by atoms with E-state index in [9.17, 15) is 4.79 Å². The zero-order chi connectivity index (χ0) is 21.7. The summed E-state index contributed by atoms with van der Waals surface area (Å²) < 4.78 is 5.45. The molecule has 0 radical (unpaired) electrons. The number of aromatic nitrogens is 3. The van der Waals surface area contributed by atoms with Crippen LogP contribution in [0.1, 0.15) is 30.1 Å². The van der Waals surface area contributed by atoms with Gasteiger partial charge in [-0.05, 0) is 56.2 Å². The fraction of sp³-hybridized carbons (Fsp3) is 0.333. The molecule has 3 heterocycles. The van der Waals surface area contributed by atoms with E-state index in [0.717, 1.165) is 53.0 Å². The van der Waals surface area contributed by atoms with E-state index < -0.39 is 0 Å². The molecule has 2 aromatic carbocycles. The third kappa shape index (κ3) is 3.46. The van der Waals surface area contributed by atoms with E-state index in [1.165, 1.54) is 10.9 Å². The minimum Gasteiger partial charge on any atom is -0.338 e. The number of benzene rings is 2. The Hall–Kier alpha value is -2.64. The Morgan fingerprint density at radius 1 is 1.19 bits per heavy atom. The number of amides is 1. The lowest BCUT2D eigenvalue weighted by atomic mass is 10.1. The minimum atomic E-state index is 0.0387. The molecule has 6 nitrogen and oxygen atoms in total. The average molecular weight is 480 g/mol. The van der Waals surface area contributed by atoms with Crippen molar-refractivity contribution >= 4 is 43.8 Å². The van der Waals surface area contributed by atoms with Gasteiger partial charge < -0.3 is 19.8 Å². The van der Waals surface area contributed by atoms with Gasteiger partial charge in [-0.25, -0.2) is 4.98 Å². The van der Waals surface area contributed by atoms with Gasteiger partial charge in [0.15, 0.2) is 5.82 Å². The van der Waals surface area contributed by atoms with E-state index in [0.29, 0.717) is 12.1 Å². The summed E-state index contributed by atoms with van der Waals surface area (Å²) in [6.07, 6.45) is 1.94. The summed E-state index contributed by atoms with van der Waals surface area (Å²) in [7, 11) is 2.03. The third-order valence-corrected chi connectivity index (χ3v) is 6.78. The fourth-order valence-corrected chi connectivity index (χ4v) is 5.04. The monoisotopic (exact) mass is 479 g/mol. The summed E-state index contributed by atoms with van der Waals surface area (Å²) >= 11 is 3.58. The molecule has 1 unspecified atom stereocenters. The normalized spacial score (nSPS) is 17.0. The maximum atomic E-state index is 13.0. The average Bonchev–Trinajstić information content (AvgIpc) is 3.29. The van der Waals surface area contributed by atoms with Gasteiger partial charge in [0.05, 0.1) is 16.7 Å². The van der Waals surface area contributed by atoms with Crippen LogP contribution in [0.2, 0.25) is 0 Å². The Morgan fingerprint density at radius 3 is 2.81 bits per heavy atom. The van der Waals surface area contributed by atoms with E-state index in [1.807, 2.05) is 30.1 Å². The van der Waals surface area contributed by atoms with Gasteiger partial charge in [-0.15, -0.1) is 0 Å². The van der Waals surface area contributed by atoms with Crippen molar-refractivity contribution in [2.45, 2.75) is 32.4 Å². The highest BCUT2D eigenvalue weighted by atomic mass is 79.9. The molecule has 7 heteroatoms. The smallest absolute Gasteiger partial charge is 0.253 e. The highest BCUT2D eigenvalue weighted by Crippen LogP contribution is 2.31. The second-order valence-electron chi connectivity index (χ2n) is 8.33. The van der Waals surface area contributed by atoms with Gasteiger partial charge in [0.2, 0.25) is 0 Å². The lowest BCUT2D eigenvalue weighted by molar-refractivity contribution is 0.0709. The fourth-order valence-electron chi connectivity index (χ4n) is 4.69. The molecule has 5 rings (SSSR count). The molecule has 2 N–H and O–H groups in total. The number of halogens is 1. The first-order valence-electron chi connectivity index (χ1n) is 10.8. The molecule has 1 saturated heterocycles. The van der Waals surface area contributed by atoms with Crippen LogP contribution in [0.3, 0.4) is 0 Å². The van der Waals surface area contributed by atoms with Crippen molar-refractivity contribution < 1.29 is 4.79 Å². The Kier molecular flexibility index (Phi) is 5.10. The van der Waals surface area contributed by atoms with Crippen LogP contribution in [-0.4, -0.2) is 44.1 Å². The van der Waals surface area contributed by atoms with E-state index >= 15 is 0 Å². The van der Waals surface area contributed by atoms with Gasteiger partial charge in [0.1, 0.15) is 0 Å². The molecule has 0 saturated carbocycles. The zero-order valence-electron chi connectivity index (χ0n) is 17.8. The Morgan fingerprint density at radius 2 is 2.03 bits per heavy atom. The number of hydrogen-bond donors (Lipinski definition) is 1. The van der Waals surface area contributed by atoms with Crippen molar-refractivity contribution in [3.63, 3.8) is 0 Å². The molecule has 1 aliphatic rings. The predicted octanol–water partition coefficient (Wildman–Crippen LogP) is 4.54. The lowest BCUT2D eigenvalue weighted by Gasteiger charge is -2.30. The first-order valence-corrected chi connectivity index (χ1v) is 11.6. The molecule has 4 aromatic rings. The molecule has 2 aromatic heterocycles. The maximum absolute atomic E-state index is 13.0. The third-order valence-electron chi connectivity index (χ3n) is 6.28. The van der Waals surface area contributed by atoms with Crippen LogP contribution >= 0.6 is 15.9 Å². The van der Waals surface area contributed by atoms with E-state index in [1.54, 1.807) is 0 Å². The molecular formula is C24H26BrN5O. The summed E-state index contributed by atoms with van der Waals surface area (Å²) in [4.78, 5) is 19.8. The van der Waals surface area contributed by atoms with Crippen LogP contribution in [-0.2, 0) is 13.6 Å². The SMILES string of the molecule is CCn1c(-c2nc3cc(C(=O)N4CCCC(N)C4)ccc3n2C)cc2ccc(Br)cc21. The molecule has 0 aliphatic carbocycles. The largest absolute Gasteiger partial charge is 0.338 e. The van der Waals surface area contributed by atoms with Crippen LogP contribution in [0.4, 0.5) is 0 Å². The molecule has 160 valence electrons. The van der Waals surface area contributed by atoms with Crippen LogP contribution in [0.5, 0.6) is 0 Å². The van der Waals surface area contributed by atoms with Crippen LogP contribution in [0.15, 0.2) is 46.9 Å². The topological polar surface area (TPSA) is 69.1 Å². The number of imidazole rings is 1. The zero-order valence-corrected chi connectivity index (χ0v) is 19.4. The Balaban J connectivity index is 1.58. The Bertz CT molecular complexity index is 1300. The summed E-state index contributed by atoms with van der Waals surface area (Å²) in [6.45, 7) is 4.38. The number of carbonyl (C=O) groups is 1. The van der Waals surface area contributed by atoms with E-state index in [4.69, 9.17) is 10.7 Å². The number of likely N-dealkylation sites (tertiary alicyclic amines) is 1. The molecule has 1 fully saturated rings. The molecule has 1 aliphatic heterocycles. The van der Waals surface area contributed by atoms with Crippen molar-refractivity contribution in [3.05, 3.63) is 52.5 Å². The highest BCUT2D eigenvalue weighted by molar-refractivity contribution is 9.10. The molecule has 31 heavy (non-hydrogen) atoms. The first-order chi connectivity index (χ1) is 15.0. The number of aryl methyl sites for hydroxylation is 2. The van der Waals surface area contributed by atoms with Crippen molar-refractivity contribution in [2.24, 2.45) is 12.8 Å². The molecule has 0 bridgehead atoms. The second kappa shape index (κ2) is 7.80. The Labute approximate surface area is 189 Å². The number of piperidine rings is 1. The number of nitrogens with zero attached hydrogens (tertiary/aromatic N) is 4. The number of nitrogens with two attached hydrogens (primary N) is 1. The lowest BCUT2D eigenvalue weighted by Crippen LogP contribution is -2.45. The van der Waals surface area contributed by atoms with E-state index in [-0.39, 0.29) is 11.9 Å². The van der Waals surface area contributed by atoms with Crippen molar-refractivity contribution in [1.82, 2.24) is 19.0 Å². The molecule has 1 atom stereocenters. The van der Waals surface area contributed by atoms with Crippen molar-refractivity contribution in [2.75, 3.05) is 13.1 Å². The van der Waals surface area contributed by atoms with Crippen LogP contribution in [0.25, 0.3) is 33.5 Å². The first kappa shape index (κ1) is 20.3. The van der Waals surface area contributed by atoms with Gasteiger partial charge in [-0.1, -0.05) is 22.0 Å². The van der Waals surface area contributed by atoms with Crippen LogP contribution < -0.4 is 5.73 Å². The second-order valence-corrected chi connectivity index (χ2v) is 9.24. The number of carbonyl (C=O) groups excluding carboxylic acids is 1. The summed E-state index contributed by atoms with van der Waals surface area (Å²) in [5.41, 5.74) is 10.8.